The summed E-state index contributed by atoms with van der Waals surface area (Å²) in [6.45, 7) is 3.92. The van der Waals surface area contributed by atoms with E-state index in [1.165, 1.54) is 6.07 Å². The predicted molar refractivity (Wildman–Crippen MR) is 130 cm³/mol. The van der Waals surface area contributed by atoms with Crippen molar-refractivity contribution >= 4 is 28.4 Å². The number of fused-ring (bicyclic) bond motifs is 1. The van der Waals surface area contributed by atoms with Gasteiger partial charge in [0.2, 0.25) is 5.95 Å². The summed E-state index contributed by atoms with van der Waals surface area (Å²) in [5.41, 5.74) is 1.78. The monoisotopic (exact) mass is 461 g/mol. The minimum atomic E-state index is -0.313. The van der Waals surface area contributed by atoms with E-state index in [2.05, 4.69) is 32.1 Å². The second-order valence-corrected chi connectivity index (χ2v) is 10.1. The Morgan fingerprint density at radius 3 is 2.65 bits per heavy atom. The molecule has 9 heteroatoms. The van der Waals surface area contributed by atoms with Crippen molar-refractivity contribution in [3.8, 4) is 6.07 Å². The molecule has 0 unspecified atom stereocenters. The molecule has 34 heavy (non-hydrogen) atoms. The van der Waals surface area contributed by atoms with Crippen LogP contribution < -0.4 is 15.8 Å². The minimum Gasteiger partial charge on any atom is -0.368 e. The number of pyridine rings is 1. The zero-order valence-electron chi connectivity index (χ0n) is 19.1. The van der Waals surface area contributed by atoms with Gasteiger partial charge < -0.3 is 15.1 Å². The number of hydrogen-bond donors (Lipinski definition) is 1. The minimum absolute atomic E-state index is 0. The van der Waals surface area contributed by atoms with Gasteiger partial charge in [-0.1, -0.05) is 12.8 Å². The summed E-state index contributed by atoms with van der Waals surface area (Å²) < 4.78 is 16.6. The number of nitrogens with zero attached hydrogens (tertiary/aromatic N) is 6. The molecule has 1 N–H and O–H groups in total. The molecule has 3 aromatic rings. The predicted octanol–water partition coefficient (Wildman–Crippen LogP) is 3.66. The lowest BCUT2D eigenvalue weighted by Crippen LogP contribution is -2.71. The number of halogens is 1. The zero-order valence-corrected chi connectivity index (χ0v) is 19.1. The quantitative estimate of drug-likeness (QED) is 0.634. The normalized spacial score (nSPS) is 19.7. The van der Waals surface area contributed by atoms with Crippen molar-refractivity contribution in [3.63, 3.8) is 0 Å². The Hall–Kier alpha value is -3.51. The van der Waals surface area contributed by atoms with E-state index in [1.54, 1.807) is 22.9 Å². The van der Waals surface area contributed by atoms with Crippen molar-refractivity contribution in [2.45, 2.75) is 31.7 Å². The number of benzene rings is 1. The first-order chi connectivity index (χ1) is 16.4. The summed E-state index contributed by atoms with van der Waals surface area (Å²) in [5.74, 6) is 0.00533. The first-order valence-electron chi connectivity index (χ1n) is 11.8. The Labute approximate surface area is 198 Å². The smallest absolute Gasteiger partial charge is 0.270 e. The van der Waals surface area contributed by atoms with Gasteiger partial charge in [-0.15, -0.1) is 0 Å². The van der Waals surface area contributed by atoms with Crippen molar-refractivity contribution in [2.24, 2.45) is 5.41 Å². The van der Waals surface area contributed by atoms with Crippen LogP contribution in [0.3, 0.4) is 0 Å². The van der Waals surface area contributed by atoms with E-state index in [9.17, 15) is 14.4 Å². The summed E-state index contributed by atoms with van der Waals surface area (Å²) >= 11 is 0. The van der Waals surface area contributed by atoms with Gasteiger partial charge in [0.1, 0.15) is 23.1 Å². The van der Waals surface area contributed by atoms with Crippen LogP contribution in [0, 0.1) is 22.6 Å². The van der Waals surface area contributed by atoms with Gasteiger partial charge in [-0.05, 0) is 44.2 Å². The molecule has 0 bridgehead atoms. The van der Waals surface area contributed by atoms with Gasteiger partial charge in [-0.2, -0.15) is 10.2 Å². The van der Waals surface area contributed by atoms with Crippen LogP contribution in [0.25, 0.3) is 11.0 Å². The molecule has 2 aliphatic heterocycles. The Bertz CT molecular complexity index is 1380. The van der Waals surface area contributed by atoms with Crippen molar-refractivity contribution in [2.75, 3.05) is 43.4 Å². The molecule has 3 aliphatic rings. The highest BCUT2D eigenvalue weighted by Crippen LogP contribution is 2.42. The zero-order chi connectivity index (χ0) is 23.4. The SMILES string of the molecule is CN1CC2(C1)CN(c1ccc(Nc3ncc4cc(C#N)c(=O)n(C5CCCC5)c4n3)cc1F)C2.[HH]. The molecule has 0 radical (unpaired) electrons. The second-order valence-electron chi connectivity index (χ2n) is 10.1. The largest absolute Gasteiger partial charge is 0.368 e. The van der Waals surface area contributed by atoms with Gasteiger partial charge in [0, 0.05) is 56.3 Å². The lowest BCUT2D eigenvalue weighted by Gasteiger charge is -2.60. The van der Waals surface area contributed by atoms with Gasteiger partial charge in [-0.25, -0.2) is 9.37 Å². The highest BCUT2D eigenvalue weighted by molar-refractivity contribution is 5.77. The Kier molecular flexibility index (Phi) is 4.81. The van der Waals surface area contributed by atoms with E-state index in [0.717, 1.165) is 51.9 Å². The highest BCUT2D eigenvalue weighted by atomic mass is 19.1. The molecule has 3 fully saturated rings. The lowest BCUT2D eigenvalue weighted by molar-refractivity contribution is -0.00270. The van der Waals surface area contributed by atoms with Gasteiger partial charge in [-0.3, -0.25) is 9.36 Å². The fourth-order valence-electron chi connectivity index (χ4n) is 5.96. The highest BCUT2D eigenvalue weighted by Gasteiger charge is 2.50. The lowest BCUT2D eigenvalue weighted by atomic mass is 9.73. The van der Waals surface area contributed by atoms with Crippen LogP contribution in [0.15, 0.2) is 35.3 Å². The van der Waals surface area contributed by atoms with Crippen LogP contribution >= 0.6 is 0 Å². The third-order valence-electron chi connectivity index (χ3n) is 7.39. The summed E-state index contributed by atoms with van der Waals surface area (Å²) in [6.07, 6.45) is 5.48. The third-order valence-corrected chi connectivity index (χ3v) is 7.39. The van der Waals surface area contributed by atoms with Crippen LogP contribution in [-0.2, 0) is 0 Å². The maximum absolute atomic E-state index is 14.9. The average molecular weight is 462 g/mol. The second kappa shape index (κ2) is 7.77. The van der Waals surface area contributed by atoms with Crippen LogP contribution in [0.5, 0.6) is 0 Å². The summed E-state index contributed by atoms with van der Waals surface area (Å²) in [6, 6.07) is 8.65. The number of hydrogen-bond acceptors (Lipinski definition) is 7. The van der Waals surface area contributed by atoms with Crippen LogP contribution in [0.4, 0.5) is 21.7 Å². The van der Waals surface area contributed by atoms with Crippen molar-refractivity contribution in [1.82, 2.24) is 19.4 Å². The number of nitriles is 1. The summed E-state index contributed by atoms with van der Waals surface area (Å²) in [5, 5.41) is 13.1. The van der Waals surface area contributed by atoms with E-state index in [1.807, 2.05) is 12.1 Å². The first-order valence-corrected chi connectivity index (χ1v) is 11.8. The van der Waals surface area contributed by atoms with Crippen molar-refractivity contribution in [1.29, 1.82) is 5.26 Å². The van der Waals surface area contributed by atoms with Crippen LogP contribution in [0.2, 0.25) is 0 Å². The molecule has 1 aromatic carbocycles. The van der Waals surface area contributed by atoms with Gasteiger partial charge in [0.05, 0.1) is 5.69 Å². The molecule has 2 saturated heterocycles. The van der Waals surface area contributed by atoms with E-state index < -0.39 is 0 Å². The van der Waals surface area contributed by atoms with Crippen molar-refractivity contribution in [3.05, 3.63) is 52.2 Å². The molecule has 0 atom stereocenters. The van der Waals surface area contributed by atoms with Crippen LogP contribution in [-0.4, -0.2) is 52.7 Å². The molecule has 1 saturated carbocycles. The van der Waals surface area contributed by atoms with Gasteiger partial charge in [0.25, 0.3) is 5.56 Å². The van der Waals surface area contributed by atoms with E-state index in [0.29, 0.717) is 27.8 Å². The molecular formula is C25H28FN7O. The molecule has 176 valence electrons. The van der Waals surface area contributed by atoms with Gasteiger partial charge >= 0.3 is 0 Å². The maximum atomic E-state index is 14.9. The van der Waals surface area contributed by atoms with Crippen molar-refractivity contribution < 1.29 is 5.82 Å². The molecule has 6 rings (SSSR count). The number of nitrogens with one attached hydrogen (secondary N) is 1. The van der Waals surface area contributed by atoms with E-state index in [-0.39, 0.29) is 30.4 Å². The fourth-order valence-corrected chi connectivity index (χ4v) is 5.96. The van der Waals surface area contributed by atoms with Gasteiger partial charge in [0.15, 0.2) is 0 Å². The number of anilines is 3. The first kappa shape index (κ1) is 21.1. The number of aromatic nitrogens is 3. The van der Waals surface area contributed by atoms with E-state index >= 15 is 0 Å². The number of rotatable bonds is 4. The summed E-state index contributed by atoms with van der Waals surface area (Å²) in [7, 11) is 2.11. The molecule has 2 aromatic heterocycles. The maximum Gasteiger partial charge on any atom is 0.270 e. The topological polar surface area (TPSA) is 90.1 Å². The third kappa shape index (κ3) is 3.41. The molecule has 0 amide bonds. The Balaban J connectivity index is 0.00000253. The van der Waals surface area contributed by atoms with E-state index in [4.69, 9.17) is 0 Å². The standard InChI is InChI=1S/C25H26FN7O.H2/c1-31-12-25(13-31)14-32(15-25)21-7-6-18(9-20(21)26)29-24-28-11-17-8-16(10-27)23(34)33(22(17)30-24)19-4-2-3-5-19;/h6-9,11,19H,2-5,12-15H2,1H3,(H,28,29,30);1H. The van der Waals surface area contributed by atoms with Crippen LogP contribution in [0.1, 0.15) is 38.7 Å². The molecule has 8 nitrogen and oxygen atoms in total. The molecule has 1 spiro atoms. The average Bonchev–Trinajstić information content (AvgIpc) is 3.30. The molecular weight excluding hydrogens is 433 g/mol. The number of likely N-dealkylation sites (tertiary alicyclic amines) is 1. The Morgan fingerprint density at radius 1 is 1.21 bits per heavy atom. The Morgan fingerprint density at radius 2 is 1.97 bits per heavy atom. The summed E-state index contributed by atoms with van der Waals surface area (Å²) in [4.78, 5) is 26.3. The fraction of sp³-hybridized carbons (Fsp3) is 0.440. The molecule has 4 heterocycles. The molecule has 1 aliphatic carbocycles.